The van der Waals surface area contributed by atoms with E-state index in [-0.39, 0.29) is 33.3 Å². The number of hydrogen-bond acceptors (Lipinski definition) is 6. The van der Waals surface area contributed by atoms with Crippen molar-refractivity contribution in [2.45, 2.75) is 25.4 Å². The number of pyridine rings is 2. The molecule has 1 aliphatic heterocycles. The molecule has 5 rings (SSSR count). The molecule has 4 aromatic rings. The van der Waals surface area contributed by atoms with Gasteiger partial charge in [-0.25, -0.2) is 19.6 Å². The Hall–Kier alpha value is -4.00. The average Bonchev–Trinajstić information content (AvgIpc) is 3.29. The first-order valence-corrected chi connectivity index (χ1v) is 10.8. The van der Waals surface area contributed by atoms with Gasteiger partial charge in [-0.15, -0.1) is 0 Å². The summed E-state index contributed by atoms with van der Waals surface area (Å²) in [5.41, 5.74) is -2.17. The molecule has 4 heterocycles. The summed E-state index contributed by atoms with van der Waals surface area (Å²) in [6, 6.07) is 6.79. The fourth-order valence-electron chi connectivity index (χ4n) is 3.88. The SMILES string of the molecule is Cc1c2c(cc3nc(C(F)(F)F)ccc13)C(C=O)OC(c1cc(C(F)(F)F)nn1-c1ncccc1Cl)=N2. The lowest BCUT2D eigenvalue weighted by atomic mass is 9.98. The lowest BCUT2D eigenvalue weighted by molar-refractivity contribution is -0.142. The number of carbonyl (C=O) groups is 1. The Bertz CT molecular complexity index is 1600. The van der Waals surface area contributed by atoms with Gasteiger partial charge in [-0.05, 0) is 36.8 Å². The van der Waals surface area contributed by atoms with Gasteiger partial charge in [0.1, 0.15) is 11.4 Å². The van der Waals surface area contributed by atoms with Crippen molar-refractivity contribution in [1.29, 1.82) is 0 Å². The summed E-state index contributed by atoms with van der Waals surface area (Å²) in [7, 11) is 0. The lowest BCUT2D eigenvalue weighted by Crippen LogP contribution is -2.21. The third-order valence-electron chi connectivity index (χ3n) is 5.58. The second-order valence-electron chi connectivity index (χ2n) is 7.93. The van der Waals surface area contributed by atoms with Crippen LogP contribution >= 0.6 is 11.6 Å². The number of aromatic nitrogens is 4. The van der Waals surface area contributed by atoms with E-state index < -0.39 is 35.7 Å². The molecule has 190 valence electrons. The minimum absolute atomic E-state index is 0.0157. The zero-order valence-corrected chi connectivity index (χ0v) is 19.2. The van der Waals surface area contributed by atoms with Gasteiger partial charge in [0, 0.05) is 23.2 Å². The summed E-state index contributed by atoms with van der Waals surface area (Å²) < 4.78 is 86.5. The van der Waals surface area contributed by atoms with Gasteiger partial charge in [-0.1, -0.05) is 17.7 Å². The van der Waals surface area contributed by atoms with Crippen molar-refractivity contribution in [3.8, 4) is 5.82 Å². The van der Waals surface area contributed by atoms with Crippen LogP contribution in [0.4, 0.5) is 32.0 Å². The van der Waals surface area contributed by atoms with Crippen LogP contribution in [0.15, 0.2) is 47.6 Å². The zero-order valence-electron chi connectivity index (χ0n) is 18.4. The van der Waals surface area contributed by atoms with Gasteiger partial charge in [0.15, 0.2) is 23.9 Å². The highest BCUT2D eigenvalue weighted by Gasteiger charge is 2.38. The number of aldehydes is 1. The third kappa shape index (κ3) is 4.28. The van der Waals surface area contributed by atoms with Gasteiger partial charge in [0.25, 0.3) is 0 Å². The highest BCUT2D eigenvalue weighted by atomic mass is 35.5. The zero-order chi connectivity index (χ0) is 26.7. The van der Waals surface area contributed by atoms with Crippen molar-refractivity contribution in [1.82, 2.24) is 19.7 Å². The monoisotopic (exact) mass is 539 g/mol. The van der Waals surface area contributed by atoms with E-state index in [1.54, 1.807) is 6.92 Å². The number of aliphatic imine (C=N–C) groups is 1. The predicted octanol–water partition coefficient (Wildman–Crippen LogP) is 6.16. The Kier molecular flexibility index (Phi) is 5.70. The first kappa shape index (κ1) is 24.7. The second-order valence-corrected chi connectivity index (χ2v) is 8.33. The molecule has 37 heavy (non-hydrogen) atoms. The highest BCUT2D eigenvalue weighted by molar-refractivity contribution is 6.32. The van der Waals surface area contributed by atoms with Crippen LogP contribution in [0, 0.1) is 6.92 Å². The molecule has 0 aliphatic carbocycles. The van der Waals surface area contributed by atoms with Crippen LogP contribution in [0.2, 0.25) is 5.02 Å². The van der Waals surface area contributed by atoms with Crippen LogP contribution in [0.3, 0.4) is 0 Å². The van der Waals surface area contributed by atoms with Gasteiger partial charge >= 0.3 is 12.4 Å². The number of nitrogens with zero attached hydrogens (tertiary/aromatic N) is 5. The largest absolute Gasteiger partial charge is 0.460 e. The topological polar surface area (TPSA) is 82.3 Å². The number of alkyl halides is 6. The first-order valence-electron chi connectivity index (χ1n) is 10.4. The van der Waals surface area contributed by atoms with E-state index in [4.69, 9.17) is 16.3 Å². The Morgan fingerprint density at radius 3 is 2.43 bits per heavy atom. The first-order chi connectivity index (χ1) is 17.4. The van der Waals surface area contributed by atoms with Crippen LogP contribution in [-0.2, 0) is 21.9 Å². The molecular weight excluding hydrogens is 528 g/mol. The Morgan fingerprint density at radius 2 is 1.78 bits per heavy atom. The van der Waals surface area contributed by atoms with Crippen molar-refractivity contribution >= 4 is 40.4 Å². The molecule has 0 bridgehead atoms. The minimum Gasteiger partial charge on any atom is -0.460 e. The van der Waals surface area contributed by atoms with E-state index in [9.17, 15) is 31.1 Å². The number of rotatable bonds is 3. The Labute approximate surface area is 208 Å². The minimum atomic E-state index is -4.84. The molecule has 0 fully saturated rings. The molecular formula is C23H12ClF6N5O2. The molecule has 0 saturated carbocycles. The van der Waals surface area contributed by atoms with Crippen LogP contribution in [0.1, 0.15) is 34.3 Å². The van der Waals surface area contributed by atoms with E-state index in [0.29, 0.717) is 23.3 Å². The van der Waals surface area contributed by atoms with E-state index >= 15 is 0 Å². The smallest absolute Gasteiger partial charge is 0.435 e. The number of aryl methyl sites for hydroxylation is 1. The van der Waals surface area contributed by atoms with Crippen molar-refractivity contribution < 1.29 is 35.9 Å². The van der Waals surface area contributed by atoms with Gasteiger partial charge < -0.3 is 4.74 Å². The van der Waals surface area contributed by atoms with Crippen LogP contribution < -0.4 is 0 Å². The molecule has 3 aromatic heterocycles. The standard InChI is InChI=1S/C23H12ClF6N5O2/c1-10-11-4-5-17(22(25,26)27)32-14(11)7-12-16(9-36)37-21(33-19(10)12)15-8-18(23(28,29)30)34-35(15)20-13(24)3-2-6-31-20/h2-9,16H,1H3. The number of carbonyl (C=O) groups excluding carboxylic acids is 1. The van der Waals surface area contributed by atoms with Gasteiger partial charge in [0.2, 0.25) is 5.90 Å². The summed E-state index contributed by atoms with van der Waals surface area (Å²) in [6.07, 6.45) is -9.28. The quantitative estimate of drug-likeness (QED) is 0.230. The number of halogens is 7. The summed E-state index contributed by atoms with van der Waals surface area (Å²) in [5, 5.41) is 3.87. The van der Waals surface area contributed by atoms with Crippen molar-refractivity contribution in [2.75, 3.05) is 0 Å². The Balaban J connectivity index is 1.74. The molecule has 1 aromatic carbocycles. The molecule has 7 nitrogen and oxygen atoms in total. The van der Waals surface area contributed by atoms with E-state index in [1.807, 2.05) is 0 Å². The van der Waals surface area contributed by atoms with Crippen molar-refractivity contribution in [3.63, 3.8) is 0 Å². The summed E-state index contributed by atoms with van der Waals surface area (Å²) in [5.74, 6) is -0.537. The fraction of sp³-hybridized carbons (Fsp3) is 0.174. The molecule has 0 amide bonds. The van der Waals surface area contributed by atoms with Crippen molar-refractivity contribution in [2.24, 2.45) is 4.99 Å². The average molecular weight is 540 g/mol. The molecule has 14 heteroatoms. The number of fused-ring (bicyclic) bond motifs is 2. The van der Waals surface area contributed by atoms with E-state index in [0.717, 1.165) is 10.7 Å². The summed E-state index contributed by atoms with van der Waals surface area (Å²) in [4.78, 5) is 23.9. The number of ether oxygens (including phenoxy) is 1. The molecule has 1 unspecified atom stereocenters. The predicted molar refractivity (Wildman–Crippen MR) is 119 cm³/mol. The van der Waals surface area contributed by atoms with E-state index in [2.05, 4.69) is 20.1 Å². The van der Waals surface area contributed by atoms with Crippen LogP contribution in [0.25, 0.3) is 16.7 Å². The van der Waals surface area contributed by atoms with Gasteiger partial charge in [-0.3, -0.25) is 4.79 Å². The van der Waals surface area contributed by atoms with Crippen LogP contribution in [-0.4, -0.2) is 31.9 Å². The molecule has 1 aliphatic rings. The second kappa shape index (κ2) is 8.54. The van der Waals surface area contributed by atoms with Crippen LogP contribution in [0.5, 0.6) is 0 Å². The normalized spacial score (nSPS) is 15.8. The third-order valence-corrected chi connectivity index (χ3v) is 5.88. The summed E-state index contributed by atoms with van der Waals surface area (Å²) in [6.45, 7) is 1.54. The summed E-state index contributed by atoms with van der Waals surface area (Å²) >= 11 is 6.14. The molecule has 0 radical (unpaired) electrons. The Morgan fingerprint density at radius 1 is 1.05 bits per heavy atom. The molecule has 0 N–H and O–H groups in total. The van der Waals surface area contributed by atoms with E-state index in [1.165, 1.54) is 30.5 Å². The van der Waals surface area contributed by atoms with Gasteiger partial charge in [0.05, 0.1) is 16.2 Å². The number of hydrogen-bond donors (Lipinski definition) is 0. The highest BCUT2D eigenvalue weighted by Crippen LogP contribution is 2.41. The molecule has 0 saturated heterocycles. The van der Waals surface area contributed by atoms with Gasteiger partial charge in [-0.2, -0.15) is 31.4 Å². The maximum atomic E-state index is 13.5. The maximum Gasteiger partial charge on any atom is 0.435 e. The van der Waals surface area contributed by atoms with Crippen molar-refractivity contribution in [3.05, 3.63) is 75.8 Å². The fourth-order valence-corrected chi connectivity index (χ4v) is 4.08. The molecule has 1 atom stereocenters. The maximum absolute atomic E-state index is 13.5. The lowest BCUT2D eigenvalue weighted by Gasteiger charge is -2.24. The number of benzene rings is 1. The molecule has 0 spiro atoms.